The molecule has 1 aromatic carbocycles. The first-order chi connectivity index (χ1) is 11.9. The molecule has 1 saturated heterocycles. The number of halogens is 1. The minimum atomic E-state index is -0.585. The number of nitrogens with zero attached hydrogens (tertiary/aromatic N) is 2. The number of amidine groups is 1. The molecule has 1 aliphatic heterocycles. The quantitative estimate of drug-likeness (QED) is 0.426. The van der Waals surface area contributed by atoms with Crippen molar-refractivity contribution in [3.05, 3.63) is 33.3 Å². The number of rotatable bonds is 7. The molecule has 2 rings (SSSR count). The van der Waals surface area contributed by atoms with Gasteiger partial charge in [-0.3, -0.25) is 24.7 Å². The van der Waals surface area contributed by atoms with Gasteiger partial charge in [-0.05, 0) is 12.5 Å². The van der Waals surface area contributed by atoms with Crippen LogP contribution in [0.3, 0.4) is 0 Å². The van der Waals surface area contributed by atoms with Crippen LogP contribution < -0.4 is 10.6 Å². The van der Waals surface area contributed by atoms with Gasteiger partial charge in [0.2, 0.25) is 11.8 Å². The molecule has 25 heavy (non-hydrogen) atoms. The number of carbonyl (C=O) groups excluding carboxylic acids is 2. The predicted octanol–water partition coefficient (Wildman–Crippen LogP) is 2.96. The van der Waals surface area contributed by atoms with Gasteiger partial charge in [0.05, 0.1) is 15.6 Å². The first-order valence-electron chi connectivity index (χ1n) is 7.66. The second kappa shape index (κ2) is 8.82. The number of hydrogen-bond donors (Lipinski definition) is 2. The zero-order chi connectivity index (χ0) is 18.4. The predicted molar refractivity (Wildman–Crippen MR) is 98.1 cm³/mol. The number of nitro groups is 1. The van der Waals surface area contributed by atoms with Crippen LogP contribution in [0.2, 0.25) is 5.02 Å². The van der Waals surface area contributed by atoms with E-state index in [1.807, 2.05) is 6.92 Å². The highest BCUT2D eigenvalue weighted by Crippen LogP contribution is 2.28. The first-order valence-corrected chi connectivity index (χ1v) is 8.92. The molecule has 2 amide bonds. The first kappa shape index (κ1) is 19.2. The third kappa shape index (κ3) is 5.43. The molecule has 1 aliphatic rings. The summed E-state index contributed by atoms with van der Waals surface area (Å²) in [6, 6.07) is 3.77. The fourth-order valence-electron chi connectivity index (χ4n) is 2.05. The standard InChI is InChI=1S/C15H17ClN4O4S/c1-2-3-6-17-15-19-14(22)12(25-15)8-13(21)18-11-7-9(20(23)24)4-5-10(11)16/h4-5,7,12H,2-3,6,8H2,1H3,(H,18,21)(H,17,19,22). The highest BCUT2D eigenvalue weighted by molar-refractivity contribution is 8.15. The summed E-state index contributed by atoms with van der Waals surface area (Å²) in [5, 5.41) is 16.1. The largest absolute Gasteiger partial charge is 0.325 e. The van der Waals surface area contributed by atoms with Crippen molar-refractivity contribution in [1.82, 2.24) is 5.32 Å². The maximum atomic E-state index is 12.1. The molecule has 0 radical (unpaired) electrons. The molecular weight excluding hydrogens is 368 g/mol. The van der Waals surface area contributed by atoms with Crippen LogP contribution in [-0.2, 0) is 9.59 Å². The summed E-state index contributed by atoms with van der Waals surface area (Å²) in [7, 11) is 0. The van der Waals surface area contributed by atoms with E-state index in [1.54, 1.807) is 0 Å². The molecule has 1 atom stereocenters. The van der Waals surface area contributed by atoms with Gasteiger partial charge in [-0.1, -0.05) is 36.7 Å². The minimum Gasteiger partial charge on any atom is -0.325 e. The Hall–Kier alpha value is -2.13. The number of unbranched alkanes of at least 4 members (excludes halogenated alkanes) is 1. The van der Waals surface area contributed by atoms with E-state index >= 15 is 0 Å². The molecule has 2 N–H and O–H groups in total. The van der Waals surface area contributed by atoms with Gasteiger partial charge in [-0.25, -0.2) is 0 Å². The molecule has 1 heterocycles. The number of non-ortho nitro benzene ring substituents is 1. The monoisotopic (exact) mass is 384 g/mol. The Bertz CT molecular complexity index is 725. The molecule has 1 fully saturated rings. The summed E-state index contributed by atoms with van der Waals surface area (Å²) >= 11 is 7.15. The average Bonchev–Trinajstić information content (AvgIpc) is 2.89. The number of aliphatic imine (C=N–C) groups is 1. The van der Waals surface area contributed by atoms with Crippen LogP contribution in [0.15, 0.2) is 23.2 Å². The lowest BCUT2D eigenvalue weighted by Gasteiger charge is -2.08. The highest BCUT2D eigenvalue weighted by atomic mass is 35.5. The lowest BCUT2D eigenvalue weighted by Crippen LogP contribution is -2.28. The maximum Gasteiger partial charge on any atom is 0.271 e. The molecule has 134 valence electrons. The fraction of sp³-hybridized carbons (Fsp3) is 0.400. The van der Waals surface area contributed by atoms with Crippen molar-refractivity contribution >= 4 is 51.7 Å². The van der Waals surface area contributed by atoms with Crippen molar-refractivity contribution in [3.63, 3.8) is 0 Å². The second-order valence-corrected chi connectivity index (χ2v) is 6.91. The van der Waals surface area contributed by atoms with Gasteiger partial charge in [0, 0.05) is 25.1 Å². The molecule has 0 aliphatic carbocycles. The van der Waals surface area contributed by atoms with Crippen LogP contribution in [0.1, 0.15) is 26.2 Å². The summed E-state index contributed by atoms with van der Waals surface area (Å²) < 4.78 is 0. The van der Waals surface area contributed by atoms with E-state index in [2.05, 4.69) is 15.6 Å². The molecule has 1 aromatic rings. The Kier molecular flexibility index (Phi) is 6.77. The van der Waals surface area contributed by atoms with E-state index in [0.717, 1.165) is 12.8 Å². The van der Waals surface area contributed by atoms with E-state index in [1.165, 1.54) is 30.0 Å². The fourth-order valence-corrected chi connectivity index (χ4v) is 3.21. The second-order valence-electron chi connectivity index (χ2n) is 5.31. The van der Waals surface area contributed by atoms with E-state index in [4.69, 9.17) is 11.6 Å². The molecule has 0 aromatic heterocycles. The Balaban J connectivity index is 1.97. The summed E-state index contributed by atoms with van der Waals surface area (Å²) in [6.07, 6.45) is 1.85. The smallest absolute Gasteiger partial charge is 0.271 e. The number of carbonyl (C=O) groups is 2. The number of nitrogens with one attached hydrogen (secondary N) is 2. The molecule has 0 spiro atoms. The molecule has 8 nitrogen and oxygen atoms in total. The summed E-state index contributed by atoms with van der Waals surface area (Å²) in [6.45, 7) is 2.67. The number of hydrogen-bond acceptors (Lipinski definition) is 6. The molecule has 10 heteroatoms. The minimum absolute atomic E-state index is 0.0810. The van der Waals surface area contributed by atoms with Gasteiger partial charge < -0.3 is 10.6 Å². The zero-order valence-corrected chi connectivity index (χ0v) is 15.0. The number of anilines is 1. The van der Waals surface area contributed by atoms with Crippen LogP contribution in [-0.4, -0.2) is 33.7 Å². The summed E-state index contributed by atoms with van der Waals surface area (Å²) in [5.41, 5.74) is -0.0425. The third-order valence-electron chi connectivity index (χ3n) is 3.35. The maximum absolute atomic E-state index is 12.1. The topological polar surface area (TPSA) is 114 Å². The third-order valence-corrected chi connectivity index (χ3v) is 4.80. The van der Waals surface area contributed by atoms with Crippen molar-refractivity contribution in [1.29, 1.82) is 0 Å². The summed E-state index contributed by atoms with van der Waals surface area (Å²) in [5.74, 6) is -0.731. The van der Waals surface area contributed by atoms with Crippen LogP contribution in [0.4, 0.5) is 11.4 Å². The Labute approximate surface area is 153 Å². The number of nitro benzene ring substituents is 1. The zero-order valence-electron chi connectivity index (χ0n) is 13.5. The van der Waals surface area contributed by atoms with Gasteiger partial charge in [-0.2, -0.15) is 0 Å². The van der Waals surface area contributed by atoms with Crippen molar-refractivity contribution in [2.75, 3.05) is 11.9 Å². The van der Waals surface area contributed by atoms with Crippen molar-refractivity contribution < 1.29 is 14.5 Å². The Morgan fingerprint density at radius 3 is 2.96 bits per heavy atom. The van der Waals surface area contributed by atoms with Gasteiger partial charge in [0.25, 0.3) is 5.69 Å². The molecular formula is C15H17ClN4O4S. The van der Waals surface area contributed by atoms with Gasteiger partial charge >= 0.3 is 0 Å². The SMILES string of the molecule is CCCCN=C1NC(=O)C(CC(=O)Nc2cc([N+](=O)[O-])ccc2Cl)S1. The van der Waals surface area contributed by atoms with Gasteiger partial charge in [0.15, 0.2) is 5.17 Å². The van der Waals surface area contributed by atoms with Crippen molar-refractivity contribution in [2.45, 2.75) is 31.4 Å². The normalized spacial score (nSPS) is 18.2. The van der Waals surface area contributed by atoms with Crippen LogP contribution in [0.5, 0.6) is 0 Å². The van der Waals surface area contributed by atoms with Crippen molar-refractivity contribution in [2.24, 2.45) is 4.99 Å². The Morgan fingerprint density at radius 1 is 1.52 bits per heavy atom. The molecule has 0 saturated carbocycles. The van der Waals surface area contributed by atoms with Crippen LogP contribution in [0, 0.1) is 10.1 Å². The lowest BCUT2D eigenvalue weighted by molar-refractivity contribution is -0.384. The van der Waals surface area contributed by atoms with Crippen LogP contribution >= 0.6 is 23.4 Å². The molecule has 0 bridgehead atoms. The summed E-state index contributed by atoms with van der Waals surface area (Å²) in [4.78, 5) is 38.5. The number of thioether (sulfide) groups is 1. The van der Waals surface area contributed by atoms with Crippen LogP contribution in [0.25, 0.3) is 0 Å². The number of amides is 2. The van der Waals surface area contributed by atoms with Gasteiger partial charge in [0.1, 0.15) is 5.25 Å². The number of benzene rings is 1. The van der Waals surface area contributed by atoms with E-state index in [0.29, 0.717) is 11.7 Å². The molecule has 1 unspecified atom stereocenters. The van der Waals surface area contributed by atoms with E-state index in [9.17, 15) is 19.7 Å². The van der Waals surface area contributed by atoms with Gasteiger partial charge in [-0.15, -0.1) is 0 Å². The Morgan fingerprint density at radius 2 is 2.28 bits per heavy atom. The van der Waals surface area contributed by atoms with E-state index in [-0.39, 0.29) is 28.7 Å². The highest BCUT2D eigenvalue weighted by Gasteiger charge is 2.32. The average molecular weight is 385 g/mol. The lowest BCUT2D eigenvalue weighted by atomic mass is 10.2. The van der Waals surface area contributed by atoms with Crippen molar-refractivity contribution in [3.8, 4) is 0 Å². The van der Waals surface area contributed by atoms with E-state index < -0.39 is 16.1 Å².